The van der Waals surface area contributed by atoms with Gasteiger partial charge in [0.2, 0.25) is 0 Å². The third kappa shape index (κ3) is 2.78. The van der Waals surface area contributed by atoms with Crippen molar-refractivity contribution in [2.45, 2.75) is 18.4 Å². The number of pyridine rings is 1. The normalized spacial score (nSPS) is 18.0. The molecular weight excluding hydrogens is 228 g/mol. The fourth-order valence-corrected chi connectivity index (χ4v) is 2.23. The average Bonchev–Trinajstić information content (AvgIpc) is 2.46. The lowest BCUT2D eigenvalue weighted by atomic mass is 9.92. The lowest BCUT2D eigenvalue weighted by Gasteiger charge is -2.36. The van der Waals surface area contributed by atoms with Crippen LogP contribution in [0.25, 0.3) is 0 Å². The molecule has 96 valence electrons. The van der Waals surface area contributed by atoms with Gasteiger partial charge in [0.1, 0.15) is 6.07 Å². The Morgan fingerprint density at radius 3 is 3.00 bits per heavy atom. The molecule has 2 N–H and O–H groups in total. The number of anilines is 1. The number of nitrogens with zero attached hydrogens (tertiary/aromatic N) is 2. The molecule has 0 amide bonds. The van der Waals surface area contributed by atoms with Gasteiger partial charge in [0, 0.05) is 19.9 Å². The van der Waals surface area contributed by atoms with Gasteiger partial charge >= 0.3 is 0 Å². The first-order chi connectivity index (χ1) is 8.79. The van der Waals surface area contributed by atoms with Gasteiger partial charge < -0.3 is 15.4 Å². The van der Waals surface area contributed by atoms with Gasteiger partial charge in [0.05, 0.1) is 11.3 Å². The first-order valence-electron chi connectivity index (χ1n) is 6.14. The van der Waals surface area contributed by atoms with Crippen molar-refractivity contribution in [1.29, 1.82) is 5.26 Å². The largest absolute Gasteiger partial charge is 0.380 e. The molecule has 1 aliphatic heterocycles. The molecule has 0 unspecified atom stereocenters. The van der Waals surface area contributed by atoms with E-state index in [-0.39, 0.29) is 5.60 Å². The summed E-state index contributed by atoms with van der Waals surface area (Å²) in [5.41, 5.74) is 1.06. The first-order valence-corrected chi connectivity index (χ1v) is 6.14. The highest BCUT2D eigenvalue weighted by atomic mass is 16.5. The summed E-state index contributed by atoms with van der Waals surface area (Å²) in [6.07, 6.45) is 3.57. The minimum atomic E-state index is -0.145. The molecule has 5 nitrogen and oxygen atoms in total. The molecule has 1 aromatic heterocycles. The van der Waals surface area contributed by atoms with Crippen molar-refractivity contribution in [3.8, 4) is 6.07 Å². The molecule has 0 aromatic carbocycles. The van der Waals surface area contributed by atoms with Crippen molar-refractivity contribution in [3.63, 3.8) is 0 Å². The lowest BCUT2D eigenvalue weighted by Crippen LogP contribution is -2.48. The van der Waals surface area contributed by atoms with E-state index in [2.05, 4.69) is 21.7 Å². The van der Waals surface area contributed by atoms with Crippen LogP contribution >= 0.6 is 0 Å². The standard InChI is InChI=1S/C13H18N4O/c1-18-13(4-7-15-8-5-13)10-17-11-3-2-6-16-12(11)9-14/h2-3,6,15,17H,4-5,7-8,10H2,1H3. The maximum absolute atomic E-state index is 8.98. The van der Waals surface area contributed by atoms with Crippen LogP contribution in [0.1, 0.15) is 18.5 Å². The van der Waals surface area contributed by atoms with Crippen LogP contribution in [0.15, 0.2) is 18.3 Å². The van der Waals surface area contributed by atoms with E-state index in [1.807, 2.05) is 12.1 Å². The summed E-state index contributed by atoms with van der Waals surface area (Å²) < 4.78 is 5.67. The van der Waals surface area contributed by atoms with Gasteiger partial charge in [-0.3, -0.25) is 0 Å². The van der Waals surface area contributed by atoms with Crippen molar-refractivity contribution in [2.75, 3.05) is 32.1 Å². The summed E-state index contributed by atoms with van der Waals surface area (Å²) >= 11 is 0. The van der Waals surface area contributed by atoms with Gasteiger partial charge in [0.15, 0.2) is 5.69 Å². The predicted molar refractivity (Wildman–Crippen MR) is 69.3 cm³/mol. The monoisotopic (exact) mass is 246 g/mol. The Morgan fingerprint density at radius 1 is 1.56 bits per heavy atom. The van der Waals surface area contributed by atoms with E-state index >= 15 is 0 Å². The van der Waals surface area contributed by atoms with Gasteiger partial charge in [0.25, 0.3) is 0 Å². The van der Waals surface area contributed by atoms with Crippen LogP contribution in [-0.2, 0) is 4.74 Å². The summed E-state index contributed by atoms with van der Waals surface area (Å²) in [6, 6.07) is 5.78. The Kier molecular flexibility index (Phi) is 4.13. The second kappa shape index (κ2) is 5.80. The SMILES string of the molecule is COC1(CNc2cccnc2C#N)CCNCC1. The summed E-state index contributed by atoms with van der Waals surface area (Å²) in [5, 5.41) is 15.6. The van der Waals surface area contributed by atoms with E-state index in [0.717, 1.165) is 31.6 Å². The molecule has 0 radical (unpaired) electrons. The van der Waals surface area contributed by atoms with Gasteiger partial charge in [-0.25, -0.2) is 4.98 Å². The zero-order chi connectivity index (χ0) is 12.8. The number of aromatic nitrogens is 1. The van der Waals surface area contributed by atoms with E-state index < -0.39 is 0 Å². The maximum Gasteiger partial charge on any atom is 0.163 e. The molecule has 0 aliphatic carbocycles. The maximum atomic E-state index is 8.98. The summed E-state index contributed by atoms with van der Waals surface area (Å²) in [6.45, 7) is 2.63. The fourth-order valence-electron chi connectivity index (χ4n) is 2.23. The molecular formula is C13H18N4O. The van der Waals surface area contributed by atoms with Gasteiger partial charge in [-0.15, -0.1) is 0 Å². The van der Waals surface area contributed by atoms with Crippen LogP contribution in [0.3, 0.4) is 0 Å². The van der Waals surface area contributed by atoms with Crippen LogP contribution in [-0.4, -0.2) is 37.3 Å². The van der Waals surface area contributed by atoms with E-state index in [0.29, 0.717) is 12.2 Å². The van der Waals surface area contributed by atoms with E-state index in [9.17, 15) is 0 Å². The zero-order valence-electron chi connectivity index (χ0n) is 10.6. The number of ether oxygens (including phenoxy) is 1. The third-order valence-electron chi connectivity index (χ3n) is 3.46. The average molecular weight is 246 g/mol. The molecule has 0 saturated carbocycles. The summed E-state index contributed by atoms with van der Waals surface area (Å²) in [5.74, 6) is 0. The van der Waals surface area contributed by atoms with Crippen LogP contribution in [0.4, 0.5) is 5.69 Å². The van der Waals surface area contributed by atoms with Crippen LogP contribution in [0.5, 0.6) is 0 Å². The Hall–Kier alpha value is -1.64. The number of hydrogen-bond acceptors (Lipinski definition) is 5. The summed E-state index contributed by atoms with van der Waals surface area (Å²) in [7, 11) is 1.75. The number of piperidine rings is 1. The molecule has 18 heavy (non-hydrogen) atoms. The summed E-state index contributed by atoms with van der Waals surface area (Å²) in [4.78, 5) is 4.03. The smallest absolute Gasteiger partial charge is 0.163 e. The Bertz CT molecular complexity index is 435. The molecule has 2 rings (SSSR count). The van der Waals surface area contributed by atoms with E-state index in [4.69, 9.17) is 10.00 Å². The van der Waals surface area contributed by atoms with Gasteiger partial charge in [-0.1, -0.05) is 0 Å². The van der Waals surface area contributed by atoms with Crippen molar-refractivity contribution < 1.29 is 4.74 Å². The van der Waals surface area contributed by atoms with Crippen LogP contribution in [0, 0.1) is 11.3 Å². The minimum absolute atomic E-state index is 0.145. The highest BCUT2D eigenvalue weighted by Crippen LogP contribution is 2.23. The molecule has 1 fully saturated rings. The number of nitriles is 1. The number of hydrogen-bond donors (Lipinski definition) is 2. The van der Waals surface area contributed by atoms with Crippen molar-refractivity contribution in [3.05, 3.63) is 24.0 Å². The Morgan fingerprint density at radius 2 is 2.33 bits per heavy atom. The van der Waals surface area contributed by atoms with E-state index in [1.54, 1.807) is 13.3 Å². The van der Waals surface area contributed by atoms with Crippen molar-refractivity contribution in [1.82, 2.24) is 10.3 Å². The third-order valence-corrected chi connectivity index (χ3v) is 3.46. The van der Waals surface area contributed by atoms with Crippen LogP contribution in [0.2, 0.25) is 0 Å². The second-order valence-electron chi connectivity index (χ2n) is 4.50. The fraction of sp³-hybridized carbons (Fsp3) is 0.538. The molecule has 1 aliphatic rings. The van der Waals surface area contributed by atoms with Crippen molar-refractivity contribution >= 4 is 5.69 Å². The van der Waals surface area contributed by atoms with E-state index in [1.165, 1.54) is 0 Å². The minimum Gasteiger partial charge on any atom is -0.380 e. The number of methoxy groups -OCH3 is 1. The number of nitrogens with one attached hydrogen (secondary N) is 2. The highest BCUT2D eigenvalue weighted by Gasteiger charge is 2.31. The molecule has 1 aromatic rings. The number of rotatable bonds is 4. The van der Waals surface area contributed by atoms with Crippen LogP contribution < -0.4 is 10.6 Å². The van der Waals surface area contributed by atoms with Gasteiger partial charge in [-0.2, -0.15) is 5.26 Å². The lowest BCUT2D eigenvalue weighted by molar-refractivity contribution is -0.0226. The van der Waals surface area contributed by atoms with Crippen molar-refractivity contribution in [2.24, 2.45) is 0 Å². The molecule has 0 spiro atoms. The molecule has 1 saturated heterocycles. The molecule has 2 heterocycles. The van der Waals surface area contributed by atoms with Gasteiger partial charge in [-0.05, 0) is 38.1 Å². The highest BCUT2D eigenvalue weighted by molar-refractivity contribution is 5.53. The molecule has 5 heteroatoms. The first kappa shape index (κ1) is 12.8. The topological polar surface area (TPSA) is 70.0 Å². The molecule has 0 bridgehead atoms. The Labute approximate surface area is 107 Å². The predicted octanol–water partition coefficient (Wildman–Crippen LogP) is 1.13. The molecule has 0 atom stereocenters. The zero-order valence-corrected chi connectivity index (χ0v) is 10.6. The Balaban J connectivity index is 2.03. The quantitative estimate of drug-likeness (QED) is 0.833. The second-order valence-corrected chi connectivity index (χ2v) is 4.50.